The highest BCUT2D eigenvalue weighted by Gasteiger charge is 2.34. The number of amides is 1. The number of carbonyl (C=O) groups is 1. The number of anilines is 1. The van der Waals surface area contributed by atoms with Crippen LogP contribution in [0.1, 0.15) is 85.2 Å². The summed E-state index contributed by atoms with van der Waals surface area (Å²) in [6.07, 6.45) is 8.33. The maximum atomic E-state index is 13.5. The van der Waals surface area contributed by atoms with Gasteiger partial charge in [-0.05, 0) is 84.4 Å². The van der Waals surface area contributed by atoms with Gasteiger partial charge in [0, 0.05) is 44.3 Å². The Hall–Kier alpha value is -2.60. The van der Waals surface area contributed by atoms with E-state index in [1.165, 1.54) is 17.5 Å². The number of carbonyl (C=O) groups excluding carboxylic acids is 1. The first-order chi connectivity index (χ1) is 20.7. The van der Waals surface area contributed by atoms with Crippen molar-refractivity contribution in [2.24, 2.45) is 0 Å². The van der Waals surface area contributed by atoms with Crippen molar-refractivity contribution in [3.8, 4) is 0 Å². The Balaban J connectivity index is 1.11. The third-order valence-electron chi connectivity index (χ3n) is 9.67. The van der Waals surface area contributed by atoms with Crippen molar-refractivity contribution in [3.05, 3.63) is 53.0 Å². The van der Waals surface area contributed by atoms with Gasteiger partial charge in [0.1, 0.15) is 17.8 Å². The number of sulfonamides is 1. The van der Waals surface area contributed by atoms with E-state index >= 15 is 0 Å². The summed E-state index contributed by atoms with van der Waals surface area (Å²) in [6.45, 7) is 9.51. The maximum Gasteiger partial charge on any atom is 0.272 e. The average Bonchev–Trinajstić information content (AvgIpc) is 3.04. The molecule has 43 heavy (non-hydrogen) atoms. The molecule has 0 saturated carbocycles. The molecular weight excluding hydrogens is 564 g/mol. The Morgan fingerprint density at radius 3 is 2.37 bits per heavy atom. The minimum Gasteiger partial charge on any atom is -0.368 e. The molecule has 236 valence electrons. The van der Waals surface area contributed by atoms with Gasteiger partial charge in [0.15, 0.2) is 0 Å². The lowest BCUT2D eigenvalue weighted by Crippen LogP contribution is -2.52. The molecule has 5 rings (SSSR count). The SMILES string of the molecule is CCS(=O)(=O)N(C)C1CCN(C2CCN(C(=O)c3ncnc(NCC4CCCC(c5ccc(C)cc5)O4)c3C)CC2)CC1. The van der Waals surface area contributed by atoms with E-state index in [4.69, 9.17) is 4.74 Å². The number of nitrogens with zero attached hydrogens (tertiary/aromatic N) is 5. The lowest BCUT2D eigenvalue weighted by Gasteiger charge is -2.43. The summed E-state index contributed by atoms with van der Waals surface area (Å²) >= 11 is 0. The van der Waals surface area contributed by atoms with E-state index in [1.807, 2.05) is 11.8 Å². The van der Waals surface area contributed by atoms with Gasteiger partial charge in [-0.25, -0.2) is 22.7 Å². The second kappa shape index (κ2) is 14.0. The monoisotopic (exact) mass is 612 g/mol. The van der Waals surface area contributed by atoms with E-state index in [0.717, 1.165) is 63.6 Å². The number of piperidine rings is 2. The van der Waals surface area contributed by atoms with Crippen LogP contribution in [0.25, 0.3) is 0 Å². The minimum absolute atomic E-state index is 0.0418. The zero-order chi connectivity index (χ0) is 30.6. The molecule has 2 unspecified atom stereocenters. The predicted molar refractivity (Wildman–Crippen MR) is 169 cm³/mol. The first-order valence-corrected chi connectivity index (χ1v) is 17.5. The molecule has 0 bridgehead atoms. The molecule has 10 nitrogen and oxygen atoms in total. The number of likely N-dealkylation sites (tertiary alicyclic amines) is 2. The van der Waals surface area contributed by atoms with Crippen molar-refractivity contribution in [3.63, 3.8) is 0 Å². The molecule has 0 aliphatic carbocycles. The molecule has 1 aromatic carbocycles. The number of rotatable bonds is 9. The smallest absolute Gasteiger partial charge is 0.272 e. The molecule has 4 heterocycles. The Labute approximate surface area is 257 Å². The van der Waals surface area contributed by atoms with E-state index in [0.29, 0.717) is 37.2 Å². The van der Waals surface area contributed by atoms with Gasteiger partial charge < -0.3 is 19.9 Å². The summed E-state index contributed by atoms with van der Waals surface area (Å²) in [5, 5.41) is 3.44. The van der Waals surface area contributed by atoms with E-state index in [9.17, 15) is 13.2 Å². The summed E-state index contributed by atoms with van der Waals surface area (Å²) in [4.78, 5) is 26.8. The van der Waals surface area contributed by atoms with Crippen molar-refractivity contribution in [1.82, 2.24) is 24.1 Å². The van der Waals surface area contributed by atoms with Gasteiger partial charge in [0.25, 0.3) is 5.91 Å². The maximum absolute atomic E-state index is 13.5. The van der Waals surface area contributed by atoms with Crippen LogP contribution >= 0.6 is 0 Å². The zero-order valence-electron chi connectivity index (χ0n) is 26.2. The fourth-order valence-corrected chi connectivity index (χ4v) is 7.83. The highest BCUT2D eigenvalue weighted by atomic mass is 32.2. The van der Waals surface area contributed by atoms with Gasteiger partial charge in [-0.15, -0.1) is 0 Å². The molecule has 2 aromatic rings. The van der Waals surface area contributed by atoms with Crippen molar-refractivity contribution in [1.29, 1.82) is 0 Å². The van der Waals surface area contributed by atoms with Crippen LogP contribution in [0.15, 0.2) is 30.6 Å². The largest absolute Gasteiger partial charge is 0.368 e. The van der Waals surface area contributed by atoms with Crippen LogP contribution in [0.3, 0.4) is 0 Å². The highest BCUT2D eigenvalue weighted by molar-refractivity contribution is 7.89. The molecule has 3 aliphatic rings. The molecule has 1 N–H and O–H groups in total. The number of hydrogen-bond donors (Lipinski definition) is 1. The molecule has 3 fully saturated rings. The number of benzene rings is 1. The Kier molecular flexibility index (Phi) is 10.4. The normalized spacial score (nSPS) is 23.0. The first-order valence-electron chi connectivity index (χ1n) is 15.9. The van der Waals surface area contributed by atoms with Crippen LogP contribution in [-0.4, -0.2) is 102 Å². The topological polar surface area (TPSA) is 108 Å². The molecule has 0 radical (unpaired) electrons. The summed E-state index contributed by atoms with van der Waals surface area (Å²) < 4.78 is 32.6. The van der Waals surface area contributed by atoms with Crippen molar-refractivity contribution in [2.45, 2.75) is 90.0 Å². The molecule has 3 aliphatic heterocycles. The van der Waals surface area contributed by atoms with E-state index < -0.39 is 10.0 Å². The quantitative estimate of drug-likeness (QED) is 0.450. The molecule has 0 spiro atoms. The fourth-order valence-electron chi connectivity index (χ4n) is 6.76. The number of aromatic nitrogens is 2. The zero-order valence-corrected chi connectivity index (χ0v) is 27.0. The van der Waals surface area contributed by atoms with Crippen LogP contribution in [0, 0.1) is 13.8 Å². The van der Waals surface area contributed by atoms with Crippen LogP contribution in [0.5, 0.6) is 0 Å². The van der Waals surface area contributed by atoms with E-state index in [-0.39, 0.29) is 29.9 Å². The van der Waals surface area contributed by atoms with Gasteiger partial charge in [-0.1, -0.05) is 29.8 Å². The predicted octanol–water partition coefficient (Wildman–Crippen LogP) is 4.17. The van der Waals surface area contributed by atoms with Crippen molar-refractivity contribution < 1.29 is 17.9 Å². The van der Waals surface area contributed by atoms with E-state index in [2.05, 4.69) is 51.4 Å². The summed E-state index contributed by atoms with van der Waals surface area (Å²) in [5.74, 6) is 0.788. The van der Waals surface area contributed by atoms with Gasteiger partial charge in [-0.2, -0.15) is 0 Å². The average molecular weight is 613 g/mol. The van der Waals surface area contributed by atoms with Crippen LogP contribution in [-0.2, 0) is 14.8 Å². The highest BCUT2D eigenvalue weighted by Crippen LogP contribution is 2.32. The number of ether oxygens (including phenoxy) is 1. The molecule has 11 heteroatoms. The summed E-state index contributed by atoms with van der Waals surface area (Å²) in [6, 6.07) is 9.09. The molecule has 3 saturated heterocycles. The number of hydrogen-bond acceptors (Lipinski definition) is 8. The number of nitrogens with one attached hydrogen (secondary N) is 1. The van der Waals surface area contributed by atoms with Crippen LogP contribution < -0.4 is 5.32 Å². The van der Waals surface area contributed by atoms with Crippen LogP contribution in [0.4, 0.5) is 5.82 Å². The summed E-state index contributed by atoms with van der Waals surface area (Å²) in [7, 11) is -1.45. The lowest BCUT2D eigenvalue weighted by atomic mass is 9.97. The van der Waals surface area contributed by atoms with Gasteiger partial charge >= 0.3 is 0 Å². The Morgan fingerprint density at radius 2 is 1.70 bits per heavy atom. The first kappa shape index (κ1) is 31.8. The molecule has 2 atom stereocenters. The van der Waals surface area contributed by atoms with Gasteiger partial charge in [0.05, 0.1) is 18.0 Å². The molecular formula is C32H48N6O4S. The second-order valence-corrected chi connectivity index (χ2v) is 14.7. The van der Waals surface area contributed by atoms with Gasteiger partial charge in [0.2, 0.25) is 10.0 Å². The standard InChI is InChI=1S/C32H48N6O4S/c1-5-43(40,41)36(4)26-13-17-37(18-14-26)27-15-19-38(20-16-27)32(39)30-24(3)31(35-22-34-30)33-21-28-7-6-8-29(42-28)25-11-9-23(2)10-12-25/h9-12,22,26-29H,5-8,13-21H2,1-4H3,(H,33,34,35). The lowest BCUT2D eigenvalue weighted by molar-refractivity contribution is -0.0442. The molecule has 1 amide bonds. The fraction of sp³-hybridized carbons (Fsp3) is 0.656. The third-order valence-corrected chi connectivity index (χ3v) is 11.6. The summed E-state index contributed by atoms with van der Waals surface area (Å²) in [5.41, 5.74) is 3.71. The van der Waals surface area contributed by atoms with Gasteiger partial charge in [-0.3, -0.25) is 4.79 Å². The van der Waals surface area contributed by atoms with E-state index in [1.54, 1.807) is 18.3 Å². The molecule has 1 aromatic heterocycles. The second-order valence-electron chi connectivity index (χ2n) is 12.4. The minimum atomic E-state index is -3.16. The Bertz CT molecular complexity index is 1340. The van der Waals surface area contributed by atoms with Crippen molar-refractivity contribution in [2.75, 3.05) is 50.8 Å². The number of aryl methyl sites for hydroxylation is 1. The third kappa shape index (κ3) is 7.56. The van der Waals surface area contributed by atoms with Crippen molar-refractivity contribution >= 4 is 21.7 Å². The van der Waals surface area contributed by atoms with Crippen LogP contribution in [0.2, 0.25) is 0 Å². The Morgan fingerprint density at radius 1 is 1.00 bits per heavy atom.